The molecule has 1 aliphatic rings. The fourth-order valence-corrected chi connectivity index (χ4v) is 2.94. The number of aromatic nitrogens is 1. The van der Waals surface area contributed by atoms with E-state index in [4.69, 9.17) is 0 Å². The number of nitrogens with one attached hydrogen (secondary N) is 2. The minimum atomic E-state index is -0.547. The maximum Gasteiger partial charge on any atom is 0.326 e. The fourth-order valence-electron chi connectivity index (χ4n) is 2.60. The number of rotatable bonds is 2. The van der Waals surface area contributed by atoms with Gasteiger partial charge in [0.25, 0.3) is 5.91 Å². The first-order valence-electron chi connectivity index (χ1n) is 6.85. The minimum Gasteiger partial charge on any atom is -0.315 e. The van der Waals surface area contributed by atoms with Crippen molar-refractivity contribution in [2.45, 2.75) is 13.8 Å². The van der Waals surface area contributed by atoms with Gasteiger partial charge in [-0.15, -0.1) is 0 Å². The molecule has 1 fully saturated rings. The zero-order valence-electron chi connectivity index (χ0n) is 12.4. The van der Waals surface area contributed by atoms with Gasteiger partial charge in [-0.2, -0.15) is 0 Å². The van der Waals surface area contributed by atoms with Gasteiger partial charge in [-0.3, -0.25) is 10.1 Å². The van der Waals surface area contributed by atoms with Crippen molar-refractivity contribution in [3.63, 3.8) is 0 Å². The lowest BCUT2D eigenvalue weighted by Crippen LogP contribution is -2.22. The van der Waals surface area contributed by atoms with Gasteiger partial charge in [0.1, 0.15) is 11.5 Å². The van der Waals surface area contributed by atoms with E-state index < -0.39 is 11.9 Å². The molecular formula is C16H13BrFN3O2. The summed E-state index contributed by atoms with van der Waals surface area (Å²) in [5.41, 5.74) is 2.92. The summed E-state index contributed by atoms with van der Waals surface area (Å²) in [5.74, 6) is -0.832. The predicted molar refractivity (Wildman–Crippen MR) is 87.6 cm³/mol. The lowest BCUT2D eigenvalue weighted by atomic mass is 10.2. The number of imide groups is 1. The molecule has 1 aromatic carbocycles. The average molecular weight is 378 g/mol. The number of carbonyl (C=O) groups excluding carboxylic acids is 2. The van der Waals surface area contributed by atoms with Crippen LogP contribution in [0.1, 0.15) is 17.0 Å². The van der Waals surface area contributed by atoms with Crippen molar-refractivity contribution in [3.8, 4) is 5.69 Å². The van der Waals surface area contributed by atoms with E-state index in [0.29, 0.717) is 10.2 Å². The Morgan fingerprint density at radius 1 is 1.17 bits per heavy atom. The maximum absolute atomic E-state index is 14.2. The highest BCUT2D eigenvalue weighted by Gasteiger charge is 2.23. The molecule has 118 valence electrons. The lowest BCUT2D eigenvalue weighted by molar-refractivity contribution is -0.115. The number of benzene rings is 1. The Hall–Kier alpha value is -2.41. The van der Waals surface area contributed by atoms with Crippen LogP contribution < -0.4 is 10.6 Å². The Morgan fingerprint density at radius 2 is 1.91 bits per heavy atom. The van der Waals surface area contributed by atoms with Crippen LogP contribution in [0, 0.1) is 19.7 Å². The zero-order chi connectivity index (χ0) is 16.7. The summed E-state index contributed by atoms with van der Waals surface area (Å²) in [7, 11) is 0. The Balaban J connectivity index is 2.08. The number of hydrogen-bond donors (Lipinski definition) is 2. The molecule has 1 saturated heterocycles. The van der Waals surface area contributed by atoms with Gasteiger partial charge in [0, 0.05) is 15.9 Å². The van der Waals surface area contributed by atoms with Gasteiger partial charge < -0.3 is 9.88 Å². The number of hydrogen-bond acceptors (Lipinski definition) is 2. The molecule has 0 atom stereocenters. The molecule has 0 spiro atoms. The van der Waals surface area contributed by atoms with E-state index in [1.807, 2.05) is 19.9 Å². The molecule has 1 aromatic heterocycles. The molecular weight excluding hydrogens is 365 g/mol. The third-order valence-corrected chi connectivity index (χ3v) is 4.13. The van der Waals surface area contributed by atoms with Crippen LogP contribution in [0.15, 0.2) is 34.4 Å². The van der Waals surface area contributed by atoms with Crippen molar-refractivity contribution in [1.29, 1.82) is 0 Å². The first-order chi connectivity index (χ1) is 10.9. The second-order valence-electron chi connectivity index (χ2n) is 5.22. The standard InChI is InChI=1S/C16H13BrFN3O2/c1-8-5-10(6-13-15(22)20-16(23)19-13)9(2)21(8)14-4-3-11(17)7-12(14)18/h3-7H,1-2H3,(H2,19,20,22,23). The van der Waals surface area contributed by atoms with E-state index in [1.165, 1.54) is 6.07 Å². The highest BCUT2D eigenvalue weighted by molar-refractivity contribution is 9.10. The molecule has 0 saturated carbocycles. The van der Waals surface area contributed by atoms with Crippen LogP contribution in [0.25, 0.3) is 11.8 Å². The van der Waals surface area contributed by atoms with E-state index in [1.54, 1.807) is 22.8 Å². The molecule has 0 bridgehead atoms. The van der Waals surface area contributed by atoms with E-state index in [0.717, 1.165) is 17.0 Å². The highest BCUT2D eigenvalue weighted by Crippen LogP contribution is 2.26. The van der Waals surface area contributed by atoms with Gasteiger partial charge in [0.2, 0.25) is 0 Å². The van der Waals surface area contributed by atoms with Crippen LogP contribution in [-0.2, 0) is 4.79 Å². The van der Waals surface area contributed by atoms with E-state index in [-0.39, 0.29) is 11.5 Å². The number of carbonyl (C=O) groups is 2. The molecule has 2 N–H and O–H groups in total. The topological polar surface area (TPSA) is 63.1 Å². The zero-order valence-corrected chi connectivity index (χ0v) is 14.0. The molecule has 0 radical (unpaired) electrons. The smallest absolute Gasteiger partial charge is 0.315 e. The van der Waals surface area contributed by atoms with Crippen molar-refractivity contribution < 1.29 is 14.0 Å². The predicted octanol–water partition coefficient (Wildman–Crippen LogP) is 3.18. The molecule has 23 heavy (non-hydrogen) atoms. The first-order valence-corrected chi connectivity index (χ1v) is 7.64. The summed E-state index contributed by atoms with van der Waals surface area (Å²) in [6.07, 6.45) is 1.58. The summed E-state index contributed by atoms with van der Waals surface area (Å²) >= 11 is 3.24. The average Bonchev–Trinajstić information content (AvgIpc) is 2.91. The number of aryl methyl sites for hydroxylation is 1. The number of nitrogens with zero attached hydrogens (tertiary/aromatic N) is 1. The normalized spacial score (nSPS) is 15.9. The van der Waals surface area contributed by atoms with Crippen LogP contribution in [0.3, 0.4) is 0 Å². The Morgan fingerprint density at radius 3 is 2.52 bits per heavy atom. The first kappa shape index (κ1) is 15.5. The van der Waals surface area contributed by atoms with E-state index in [2.05, 4.69) is 26.6 Å². The highest BCUT2D eigenvalue weighted by atomic mass is 79.9. The van der Waals surface area contributed by atoms with Gasteiger partial charge in [0.05, 0.1) is 5.69 Å². The Bertz CT molecular complexity index is 870. The molecule has 3 rings (SSSR count). The fraction of sp³-hybridized carbons (Fsp3) is 0.125. The van der Waals surface area contributed by atoms with Gasteiger partial charge in [0.15, 0.2) is 0 Å². The van der Waals surface area contributed by atoms with E-state index >= 15 is 0 Å². The molecule has 5 nitrogen and oxygen atoms in total. The third kappa shape index (κ3) is 2.79. The lowest BCUT2D eigenvalue weighted by Gasteiger charge is -2.11. The molecule has 1 aliphatic heterocycles. The molecule has 2 heterocycles. The summed E-state index contributed by atoms with van der Waals surface area (Å²) in [6, 6.07) is 6.13. The van der Waals surface area contributed by atoms with E-state index in [9.17, 15) is 14.0 Å². The molecule has 7 heteroatoms. The number of amides is 3. The second-order valence-corrected chi connectivity index (χ2v) is 6.14. The van der Waals surface area contributed by atoms with Crippen molar-refractivity contribution in [2.75, 3.05) is 0 Å². The Kier molecular flexibility index (Phi) is 3.81. The summed E-state index contributed by atoms with van der Waals surface area (Å²) in [5, 5.41) is 4.58. The van der Waals surface area contributed by atoms with Crippen LogP contribution in [0.5, 0.6) is 0 Å². The molecule has 0 unspecified atom stereocenters. The molecule has 3 amide bonds. The SMILES string of the molecule is Cc1cc(C=C2NC(=O)NC2=O)c(C)n1-c1ccc(Br)cc1F. The van der Waals surface area contributed by atoms with Crippen molar-refractivity contribution in [3.05, 3.63) is 57.2 Å². The Labute approximate surface area is 140 Å². The van der Waals surface area contributed by atoms with Crippen molar-refractivity contribution in [1.82, 2.24) is 15.2 Å². The van der Waals surface area contributed by atoms with Crippen molar-refractivity contribution in [2.24, 2.45) is 0 Å². The van der Waals surface area contributed by atoms with Crippen LogP contribution in [0.4, 0.5) is 9.18 Å². The number of halogens is 2. The third-order valence-electron chi connectivity index (χ3n) is 3.64. The summed E-state index contributed by atoms with van der Waals surface area (Å²) in [6.45, 7) is 3.68. The van der Waals surface area contributed by atoms with Gasteiger partial charge in [-0.1, -0.05) is 15.9 Å². The molecule has 2 aromatic rings. The maximum atomic E-state index is 14.2. The van der Waals surface area contributed by atoms with Gasteiger partial charge in [-0.05, 0) is 49.8 Å². The summed E-state index contributed by atoms with van der Waals surface area (Å²) in [4.78, 5) is 22.8. The van der Waals surface area contributed by atoms with Crippen LogP contribution in [-0.4, -0.2) is 16.5 Å². The second kappa shape index (κ2) is 5.66. The minimum absolute atomic E-state index is 0.173. The number of urea groups is 1. The summed E-state index contributed by atoms with van der Waals surface area (Å²) < 4.78 is 16.7. The largest absolute Gasteiger partial charge is 0.326 e. The van der Waals surface area contributed by atoms with Gasteiger partial charge >= 0.3 is 6.03 Å². The van der Waals surface area contributed by atoms with Crippen LogP contribution in [0.2, 0.25) is 0 Å². The monoisotopic (exact) mass is 377 g/mol. The quantitative estimate of drug-likeness (QED) is 0.623. The molecule has 0 aliphatic carbocycles. The van der Waals surface area contributed by atoms with Crippen molar-refractivity contribution >= 4 is 33.9 Å². The van der Waals surface area contributed by atoms with Gasteiger partial charge in [-0.25, -0.2) is 9.18 Å². The van der Waals surface area contributed by atoms with Crippen LogP contribution >= 0.6 is 15.9 Å².